The van der Waals surface area contributed by atoms with Crippen LogP contribution in [0.1, 0.15) is 38.3 Å². The zero-order valence-corrected chi connectivity index (χ0v) is 13.7. The molecule has 0 aliphatic carbocycles. The molecular formula is C17H27ClN2. The molecule has 1 aromatic rings. The Morgan fingerprint density at radius 3 is 2.55 bits per heavy atom. The molecule has 1 N–H and O–H groups in total. The third-order valence-electron chi connectivity index (χ3n) is 4.61. The predicted molar refractivity (Wildman–Crippen MR) is 87.3 cm³/mol. The molecule has 1 fully saturated rings. The Morgan fingerprint density at radius 2 is 2.00 bits per heavy atom. The van der Waals surface area contributed by atoms with Crippen LogP contribution in [-0.2, 0) is 0 Å². The highest BCUT2D eigenvalue weighted by Crippen LogP contribution is 2.25. The zero-order chi connectivity index (χ0) is 14.5. The van der Waals surface area contributed by atoms with Gasteiger partial charge in [0.05, 0.1) is 0 Å². The van der Waals surface area contributed by atoms with E-state index >= 15 is 0 Å². The number of benzene rings is 1. The van der Waals surface area contributed by atoms with Crippen molar-refractivity contribution in [2.24, 2.45) is 11.8 Å². The first-order valence-electron chi connectivity index (χ1n) is 7.75. The molecule has 1 saturated heterocycles. The summed E-state index contributed by atoms with van der Waals surface area (Å²) in [5, 5.41) is 4.23. The molecule has 0 saturated carbocycles. The standard InChI is InChI=1S/C17H27ClN2/c1-13(2)15-8-10-20(12-15)11-9-17(19-3)14-4-6-16(18)7-5-14/h4-7,13,15,17,19H,8-12H2,1-3H3. The maximum Gasteiger partial charge on any atom is 0.0406 e. The first-order chi connectivity index (χ1) is 9.60. The Morgan fingerprint density at radius 1 is 1.30 bits per heavy atom. The average Bonchev–Trinajstić information content (AvgIpc) is 2.90. The molecule has 0 spiro atoms. The molecule has 20 heavy (non-hydrogen) atoms. The molecule has 1 aliphatic rings. The van der Waals surface area contributed by atoms with E-state index in [0.29, 0.717) is 6.04 Å². The molecule has 2 atom stereocenters. The number of nitrogens with zero attached hydrogens (tertiary/aromatic N) is 1. The second-order valence-corrected chi connectivity index (χ2v) is 6.71. The molecule has 1 heterocycles. The summed E-state index contributed by atoms with van der Waals surface area (Å²) in [4.78, 5) is 2.62. The van der Waals surface area contributed by atoms with E-state index < -0.39 is 0 Å². The van der Waals surface area contributed by atoms with Crippen LogP contribution in [0.2, 0.25) is 5.02 Å². The molecule has 1 aliphatic heterocycles. The van der Waals surface area contributed by atoms with Crippen LogP contribution in [0.5, 0.6) is 0 Å². The third kappa shape index (κ3) is 4.21. The maximum atomic E-state index is 5.96. The molecule has 1 aromatic carbocycles. The van der Waals surface area contributed by atoms with E-state index in [1.54, 1.807) is 0 Å². The summed E-state index contributed by atoms with van der Waals surface area (Å²) in [6.45, 7) is 8.41. The van der Waals surface area contributed by atoms with Gasteiger partial charge in [0.15, 0.2) is 0 Å². The summed E-state index contributed by atoms with van der Waals surface area (Å²) in [6, 6.07) is 8.64. The average molecular weight is 295 g/mol. The fourth-order valence-electron chi connectivity index (χ4n) is 3.09. The van der Waals surface area contributed by atoms with Gasteiger partial charge in [-0.3, -0.25) is 0 Å². The molecule has 3 heteroatoms. The van der Waals surface area contributed by atoms with E-state index in [0.717, 1.165) is 23.3 Å². The van der Waals surface area contributed by atoms with Gasteiger partial charge in [0.2, 0.25) is 0 Å². The summed E-state index contributed by atoms with van der Waals surface area (Å²) in [5.41, 5.74) is 1.33. The Kier molecular flexibility index (Phi) is 5.88. The van der Waals surface area contributed by atoms with E-state index in [2.05, 4.69) is 36.2 Å². The molecule has 0 bridgehead atoms. The van der Waals surface area contributed by atoms with E-state index in [1.165, 1.54) is 31.6 Å². The van der Waals surface area contributed by atoms with Crippen LogP contribution in [-0.4, -0.2) is 31.6 Å². The molecule has 0 aromatic heterocycles. The largest absolute Gasteiger partial charge is 0.313 e. The van der Waals surface area contributed by atoms with Gasteiger partial charge in [0.1, 0.15) is 0 Å². The van der Waals surface area contributed by atoms with E-state index in [4.69, 9.17) is 11.6 Å². The normalized spacial score (nSPS) is 21.6. The Hall–Kier alpha value is -0.570. The summed E-state index contributed by atoms with van der Waals surface area (Å²) in [5.74, 6) is 1.70. The van der Waals surface area contributed by atoms with Crippen molar-refractivity contribution in [3.63, 3.8) is 0 Å². The Labute approximate surface area is 128 Å². The van der Waals surface area contributed by atoms with Crippen molar-refractivity contribution in [1.29, 1.82) is 0 Å². The van der Waals surface area contributed by atoms with Crippen LogP contribution in [0.25, 0.3) is 0 Å². The molecule has 0 radical (unpaired) electrons. The van der Waals surface area contributed by atoms with Gasteiger partial charge < -0.3 is 10.2 Å². The highest BCUT2D eigenvalue weighted by Gasteiger charge is 2.25. The molecule has 2 rings (SSSR count). The van der Waals surface area contributed by atoms with E-state index in [1.807, 2.05) is 19.2 Å². The minimum absolute atomic E-state index is 0.422. The van der Waals surface area contributed by atoms with Crippen LogP contribution in [0.15, 0.2) is 24.3 Å². The van der Waals surface area contributed by atoms with Crippen LogP contribution < -0.4 is 5.32 Å². The van der Waals surface area contributed by atoms with Crippen molar-refractivity contribution in [2.75, 3.05) is 26.7 Å². The lowest BCUT2D eigenvalue weighted by Gasteiger charge is -2.22. The number of likely N-dealkylation sites (tertiary alicyclic amines) is 1. The van der Waals surface area contributed by atoms with Crippen LogP contribution in [0.4, 0.5) is 0 Å². The molecule has 0 amide bonds. The van der Waals surface area contributed by atoms with Crippen LogP contribution >= 0.6 is 11.6 Å². The fourth-order valence-corrected chi connectivity index (χ4v) is 3.22. The molecular weight excluding hydrogens is 268 g/mol. The number of hydrogen-bond donors (Lipinski definition) is 1. The summed E-state index contributed by atoms with van der Waals surface area (Å²) < 4.78 is 0. The lowest BCUT2D eigenvalue weighted by Crippen LogP contribution is -2.27. The zero-order valence-electron chi connectivity index (χ0n) is 12.9. The number of nitrogens with one attached hydrogen (secondary N) is 1. The van der Waals surface area contributed by atoms with Crippen LogP contribution in [0.3, 0.4) is 0 Å². The van der Waals surface area contributed by atoms with Crippen molar-refractivity contribution < 1.29 is 0 Å². The quantitative estimate of drug-likeness (QED) is 0.854. The SMILES string of the molecule is CNC(CCN1CCC(C(C)C)C1)c1ccc(Cl)cc1. The van der Waals surface area contributed by atoms with Gasteiger partial charge in [-0.2, -0.15) is 0 Å². The van der Waals surface area contributed by atoms with Gasteiger partial charge in [0.25, 0.3) is 0 Å². The van der Waals surface area contributed by atoms with Crippen molar-refractivity contribution in [3.8, 4) is 0 Å². The van der Waals surface area contributed by atoms with Gasteiger partial charge in [-0.15, -0.1) is 0 Å². The molecule has 112 valence electrons. The van der Waals surface area contributed by atoms with Crippen molar-refractivity contribution >= 4 is 11.6 Å². The van der Waals surface area contributed by atoms with E-state index in [-0.39, 0.29) is 0 Å². The number of hydrogen-bond acceptors (Lipinski definition) is 2. The summed E-state index contributed by atoms with van der Waals surface area (Å²) in [6.07, 6.45) is 2.52. The van der Waals surface area contributed by atoms with Crippen molar-refractivity contribution in [3.05, 3.63) is 34.9 Å². The Bertz CT molecular complexity index is 402. The first-order valence-corrected chi connectivity index (χ1v) is 8.13. The summed E-state index contributed by atoms with van der Waals surface area (Å²) >= 11 is 5.96. The van der Waals surface area contributed by atoms with Gasteiger partial charge in [-0.05, 0) is 62.5 Å². The number of halogens is 1. The van der Waals surface area contributed by atoms with E-state index in [9.17, 15) is 0 Å². The second-order valence-electron chi connectivity index (χ2n) is 6.27. The lowest BCUT2D eigenvalue weighted by molar-refractivity contribution is 0.287. The van der Waals surface area contributed by atoms with Gasteiger partial charge in [-0.25, -0.2) is 0 Å². The minimum atomic E-state index is 0.422. The lowest BCUT2D eigenvalue weighted by atomic mass is 9.95. The van der Waals surface area contributed by atoms with Gasteiger partial charge in [-0.1, -0.05) is 37.6 Å². The van der Waals surface area contributed by atoms with Gasteiger partial charge >= 0.3 is 0 Å². The third-order valence-corrected chi connectivity index (χ3v) is 4.86. The molecule has 2 nitrogen and oxygen atoms in total. The fraction of sp³-hybridized carbons (Fsp3) is 0.647. The second kappa shape index (κ2) is 7.44. The highest BCUT2D eigenvalue weighted by atomic mass is 35.5. The first kappa shape index (κ1) is 15.8. The maximum absolute atomic E-state index is 5.96. The minimum Gasteiger partial charge on any atom is -0.313 e. The number of rotatable bonds is 6. The topological polar surface area (TPSA) is 15.3 Å². The van der Waals surface area contributed by atoms with Crippen molar-refractivity contribution in [1.82, 2.24) is 10.2 Å². The Balaban J connectivity index is 1.84. The predicted octanol–water partition coefficient (Wildman–Crippen LogP) is 3.97. The van der Waals surface area contributed by atoms with Crippen molar-refractivity contribution in [2.45, 2.75) is 32.7 Å². The molecule has 2 unspecified atom stereocenters. The smallest absolute Gasteiger partial charge is 0.0406 e. The highest BCUT2D eigenvalue weighted by molar-refractivity contribution is 6.30. The van der Waals surface area contributed by atoms with Crippen LogP contribution in [0, 0.1) is 11.8 Å². The van der Waals surface area contributed by atoms with Gasteiger partial charge in [0, 0.05) is 17.6 Å². The summed E-state index contributed by atoms with van der Waals surface area (Å²) in [7, 11) is 2.04. The monoisotopic (exact) mass is 294 g/mol.